The van der Waals surface area contributed by atoms with Crippen molar-refractivity contribution in [3.05, 3.63) is 0 Å². The number of likely N-dealkylation sites (tertiary alicyclic amines) is 1. The summed E-state index contributed by atoms with van der Waals surface area (Å²) in [6.45, 7) is 18.5. The van der Waals surface area contributed by atoms with Gasteiger partial charge in [0.25, 0.3) is 0 Å². The minimum Gasteiger partial charge on any atom is -0.462 e. The van der Waals surface area contributed by atoms with Crippen LogP contribution in [0.5, 0.6) is 0 Å². The summed E-state index contributed by atoms with van der Waals surface area (Å²) < 4.78 is 5.91. The lowest BCUT2D eigenvalue weighted by Crippen LogP contribution is -2.62. The minimum absolute atomic E-state index is 0.0289. The number of rotatable bonds is 6. The number of piperidine rings is 1. The summed E-state index contributed by atoms with van der Waals surface area (Å²) in [5, 5.41) is 0. The molecule has 1 aliphatic heterocycles. The van der Waals surface area contributed by atoms with E-state index in [1.54, 1.807) is 0 Å². The fourth-order valence-electron chi connectivity index (χ4n) is 3.69. The second-order valence-corrected chi connectivity index (χ2v) is 8.80. The molecule has 0 aliphatic carbocycles. The Bertz CT molecular complexity index is 367. The average molecular weight is 312 g/mol. The molecule has 1 fully saturated rings. The van der Waals surface area contributed by atoms with Crippen LogP contribution in [0.1, 0.15) is 87.5 Å². The predicted octanol–water partition coefficient (Wildman–Crippen LogP) is 4.79. The Morgan fingerprint density at radius 1 is 1.14 bits per heavy atom. The number of hydrogen-bond acceptors (Lipinski definition) is 3. The third kappa shape index (κ3) is 4.47. The third-order valence-electron chi connectivity index (χ3n) is 5.36. The molecule has 1 heterocycles. The lowest BCUT2D eigenvalue weighted by molar-refractivity contribution is -0.170. The zero-order chi connectivity index (χ0) is 17.2. The number of unbranched alkanes of at least 4 members (excludes halogenated alkanes) is 1. The van der Waals surface area contributed by atoms with Crippen LogP contribution in [-0.4, -0.2) is 34.6 Å². The molecule has 0 amide bonds. The number of ether oxygens (including phenoxy) is 1. The van der Waals surface area contributed by atoms with Gasteiger partial charge < -0.3 is 4.74 Å². The molecular formula is C19H37NO2. The highest BCUT2D eigenvalue weighted by atomic mass is 16.5. The standard InChI is InChI=1S/C19H37NO2/c1-9-11-12-20-18(5,6)13-15(14-19(20,7)8)22-16(21)17(3,4)10-2/h15H,9-14H2,1-8H3. The second kappa shape index (κ2) is 6.90. The average Bonchev–Trinajstić information content (AvgIpc) is 2.36. The topological polar surface area (TPSA) is 29.5 Å². The van der Waals surface area contributed by atoms with Gasteiger partial charge in [0.2, 0.25) is 0 Å². The summed E-state index contributed by atoms with van der Waals surface area (Å²) in [5.74, 6) is -0.0476. The second-order valence-electron chi connectivity index (χ2n) is 8.80. The number of esters is 1. The lowest BCUT2D eigenvalue weighted by Gasteiger charge is -2.55. The Labute approximate surface area is 137 Å². The Morgan fingerprint density at radius 2 is 1.64 bits per heavy atom. The van der Waals surface area contributed by atoms with E-state index in [2.05, 4.69) is 39.5 Å². The molecule has 1 saturated heterocycles. The van der Waals surface area contributed by atoms with Crippen LogP contribution in [0.3, 0.4) is 0 Å². The molecule has 3 heteroatoms. The molecule has 0 unspecified atom stereocenters. The van der Waals surface area contributed by atoms with Crippen LogP contribution in [0.4, 0.5) is 0 Å². The van der Waals surface area contributed by atoms with E-state index >= 15 is 0 Å². The molecule has 0 aromatic rings. The first-order valence-electron chi connectivity index (χ1n) is 8.95. The van der Waals surface area contributed by atoms with Gasteiger partial charge in [-0.15, -0.1) is 0 Å². The zero-order valence-electron chi connectivity index (χ0n) is 16.1. The van der Waals surface area contributed by atoms with Gasteiger partial charge in [-0.3, -0.25) is 9.69 Å². The first-order chi connectivity index (χ1) is 9.96. The van der Waals surface area contributed by atoms with E-state index in [0.29, 0.717) is 0 Å². The van der Waals surface area contributed by atoms with Crippen LogP contribution in [0, 0.1) is 5.41 Å². The van der Waals surface area contributed by atoms with E-state index in [-0.39, 0.29) is 28.6 Å². The Kier molecular flexibility index (Phi) is 6.11. The fraction of sp³-hybridized carbons (Fsp3) is 0.947. The van der Waals surface area contributed by atoms with Crippen molar-refractivity contribution in [2.75, 3.05) is 6.54 Å². The highest BCUT2D eigenvalue weighted by Crippen LogP contribution is 2.40. The van der Waals surface area contributed by atoms with Gasteiger partial charge in [-0.1, -0.05) is 20.3 Å². The molecule has 0 saturated carbocycles. The van der Waals surface area contributed by atoms with E-state index in [0.717, 1.165) is 25.8 Å². The summed E-state index contributed by atoms with van der Waals surface area (Å²) in [6, 6.07) is 0. The molecule has 1 rings (SSSR count). The van der Waals surface area contributed by atoms with E-state index < -0.39 is 0 Å². The van der Waals surface area contributed by atoms with Crippen molar-refractivity contribution < 1.29 is 9.53 Å². The maximum absolute atomic E-state index is 12.4. The van der Waals surface area contributed by atoms with Gasteiger partial charge >= 0.3 is 5.97 Å². The number of carbonyl (C=O) groups excluding carboxylic acids is 1. The van der Waals surface area contributed by atoms with Gasteiger partial charge in [0, 0.05) is 23.9 Å². The van der Waals surface area contributed by atoms with Gasteiger partial charge in [0.05, 0.1) is 5.41 Å². The SMILES string of the molecule is CCCCN1C(C)(C)CC(OC(=O)C(C)(C)CC)CC1(C)C. The molecule has 0 bridgehead atoms. The van der Waals surface area contributed by atoms with E-state index in [9.17, 15) is 4.79 Å². The van der Waals surface area contributed by atoms with Crippen molar-refractivity contribution in [2.45, 2.75) is 105 Å². The normalized spacial score (nSPS) is 22.5. The fourth-order valence-corrected chi connectivity index (χ4v) is 3.69. The quantitative estimate of drug-likeness (QED) is 0.661. The van der Waals surface area contributed by atoms with Crippen molar-refractivity contribution in [3.63, 3.8) is 0 Å². The van der Waals surface area contributed by atoms with Crippen molar-refractivity contribution in [1.82, 2.24) is 4.90 Å². The van der Waals surface area contributed by atoms with Gasteiger partial charge in [-0.05, 0) is 60.9 Å². The Hall–Kier alpha value is -0.570. The van der Waals surface area contributed by atoms with Crippen LogP contribution in [0.15, 0.2) is 0 Å². The molecule has 1 aliphatic rings. The summed E-state index contributed by atoms with van der Waals surface area (Å²) in [6.07, 6.45) is 5.12. The third-order valence-corrected chi connectivity index (χ3v) is 5.36. The summed E-state index contributed by atoms with van der Waals surface area (Å²) in [7, 11) is 0. The zero-order valence-corrected chi connectivity index (χ0v) is 16.1. The molecule has 0 aromatic heterocycles. The Balaban J connectivity index is 2.82. The summed E-state index contributed by atoms with van der Waals surface area (Å²) >= 11 is 0. The maximum atomic E-state index is 12.4. The van der Waals surface area contributed by atoms with E-state index in [4.69, 9.17) is 4.74 Å². The van der Waals surface area contributed by atoms with Crippen molar-refractivity contribution >= 4 is 5.97 Å². The lowest BCUT2D eigenvalue weighted by atomic mass is 9.77. The minimum atomic E-state index is -0.381. The maximum Gasteiger partial charge on any atom is 0.311 e. The summed E-state index contributed by atoms with van der Waals surface area (Å²) in [4.78, 5) is 15.0. The number of carbonyl (C=O) groups is 1. The number of nitrogens with zero attached hydrogens (tertiary/aromatic N) is 1. The van der Waals surface area contributed by atoms with E-state index in [1.807, 2.05) is 20.8 Å². The molecule has 0 radical (unpaired) electrons. The summed E-state index contributed by atoms with van der Waals surface area (Å²) in [5.41, 5.74) is -0.246. The highest BCUT2D eigenvalue weighted by molar-refractivity contribution is 5.76. The first kappa shape index (κ1) is 19.5. The molecule has 0 atom stereocenters. The predicted molar refractivity (Wildman–Crippen MR) is 93.0 cm³/mol. The van der Waals surface area contributed by atoms with E-state index in [1.165, 1.54) is 12.8 Å². The van der Waals surface area contributed by atoms with Crippen molar-refractivity contribution in [3.8, 4) is 0 Å². The Morgan fingerprint density at radius 3 is 2.05 bits per heavy atom. The van der Waals surface area contributed by atoms with Crippen LogP contribution in [-0.2, 0) is 9.53 Å². The van der Waals surface area contributed by atoms with Crippen molar-refractivity contribution in [2.24, 2.45) is 5.41 Å². The first-order valence-corrected chi connectivity index (χ1v) is 8.95. The molecule has 130 valence electrons. The van der Waals surface area contributed by atoms with Gasteiger partial charge in [-0.25, -0.2) is 0 Å². The van der Waals surface area contributed by atoms with Crippen LogP contribution < -0.4 is 0 Å². The van der Waals surface area contributed by atoms with Gasteiger partial charge in [-0.2, -0.15) is 0 Å². The van der Waals surface area contributed by atoms with Crippen LogP contribution in [0.25, 0.3) is 0 Å². The smallest absolute Gasteiger partial charge is 0.311 e. The van der Waals surface area contributed by atoms with Crippen molar-refractivity contribution in [1.29, 1.82) is 0 Å². The molecule has 0 N–H and O–H groups in total. The van der Waals surface area contributed by atoms with Crippen LogP contribution in [0.2, 0.25) is 0 Å². The van der Waals surface area contributed by atoms with Crippen LogP contribution >= 0.6 is 0 Å². The number of hydrogen-bond donors (Lipinski definition) is 0. The van der Waals surface area contributed by atoms with Gasteiger partial charge in [0.15, 0.2) is 0 Å². The van der Waals surface area contributed by atoms with Gasteiger partial charge in [0.1, 0.15) is 6.10 Å². The monoisotopic (exact) mass is 311 g/mol. The molecular weight excluding hydrogens is 274 g/mol. The highest BCUT2D eigenvalue weighted by Gasteiger charge is 2.46. The molecule has 0 aromatic carbocycles. The molecule has 22 heavy (non-hydrogen) atoms. The molecule has 0 spiro atoms. The molecule has 3 nitrogen and oxygen atoms in total. The largest absolute Gasteiger partial charge is 0.462 e.